The predicted molar refractivity (Wildman–Crippen MR) is 65.4 cm³/mol. The first-order valence-electron chi connectivity index (χ1n) is 4.67. The molecule has 0 aliphatic rings. The monoisotopic (exact) mass is 262 g/mol. The van der Waals surface area contributed by atoms with Crippen LogP contribution in [0.15, 0.2) is 18.7 Å². The van der Waals surface area contributed by atoms with Crippen molar-refractivity contribution in [3.63, 3.8) is 0 Å². The summed E-state index contributed by atoms with van der Waals surface area (Å²) in [4.78, 5) is 3.81. The first kappa shape index (κ1) is 13.1. The summed E-state index contributed by atoms with van der Waals surface area (Å²) in [6.07, 6.45) is 5.00. The number of aromatic nitrogens is 2. The molecule has 8 heteroatoms. The Balaban J connectivity index is 2.46. The van der Waals surface area contributed by atoms with E-state index in [4.69, 9.17) is 5.73 Å². The van der Waals surface area contributed by atoms with Gasteiger partial charge in [0.05, 0.1) is 11.3 Å². The molecular formula is C8H14N4O2S2. The van der Waals surface area contributed by atoms with Gasteiger partial charge in [0, 0.05) is 25.5 Å². The minimum Gasteiger partial charge on any atom is -0.392 e. The summed E-state index contributed by atoms with van der Waals surface area (Å²) in [5.74, 6) is 0. The van der Waals surface area contributed by atoms with Crippen LogP contribution in [0.5, 0.6) is 0 Å². The van der Waals surface area contributed by atoms with E-state index in [9.17, 15) is 8.42 Å². The quantitative estimate of drug-likeness (QED) is 0.673. The lowest BCUT2D eigenvalue weighted by molar-refractivity contribution is 0.570. The van der Waals surface area contributed by atoms with E-state index < -0.39 is 15.3 Å². The van der Waals surface area contributed by atoms with Crippen LogP contribution in [-0.4, -0.2) is 34.8 Å². The van der Waals surface area contributed by atoms with Gasteiger partial charge in [0.15, 0.2) is 0 Å². The Bertz CT molecular complexity index is 441. The molecule has 0 amide bonds. The number of imidazole rings is 1. The third-order valence-corrected chi connectivity index (χ3v) is 4.39. The van der Waals surface area contributed by atoms with E-state index in [1.807, 2.05) is 0 Å². The third kappa shape index (κ3) is 3.54. The number of thiocarbonyl (C=S) groups is 1. The molecule has 0 aliphatic carbocycles. The van der Waals surface area contributed by atoms with Crippen molar-refractivity contribution in [1.82, 2.24) is 14.3 Å². The van der Waals surface area contributed by atoms with Crippen molar-refractivity contribution in [2.75, 3.05) is 6.54 Å². The summed E-state index contributed by atoms with van der Waals surface area (Å²) in [5.41, 5.74) is 5.29. The van der Waals surface area contributed by atoms with Gasteiger partial charge in [-0.3, -0.25) is 0 Å². The van der Waals surface area contributed by atoms with Crippen molar-refractivity contribution in [3.8, 4) is 0 Å². The highest BCUT2D eigenvalue weighted by atomic mass is 32.2. The fourth-order valence-corrected chi connectivity index (χ4v) is 2.33. The van der Waals surface area contributed by atoms with Crippen LogP contribution < -0.4 is 10.5 Å². The van der Waals surface area contributed by atoms with E-state index >= 15 is 0 Å². The summed E-state index contributed by atoms with van der Waals surface area (Å²) in [6, 6.07) is 0. The van der Waals surface area contributed by atoms with Gasteiger partial charge in [0.1, 0.15) is 5.25 Å². The summed E-state index contributed by atoms with van der Waals surface area (Å²) in [6.45, 7) is 2.26. The summed E-state index contributed by atoms with van der Waals surface area (Å²) < 4.78 is 27.4. The molecule has 16 heavy (non-hydrogen) atoms. The maximum absolute atomic E-state index is 11.6. The SMILES string of the molecule is CC(C(N)=S)S(=O)(=O)NCCn1ccnc1. The number of nitrogens with two attached hydrogens (primary N) is 1. The molecule has 1 aromatic rings. The van der Waals surface area contributed by atoms with Gasteiger partial charge in [-0.2, -0.15) is 0 Å². The van der Waals surface area contributed by atoms with E-state index in [0.29, 0.717) is 6.54 Å². The number of nitrogens with zero attached hydrogens (tertiary/aromatic N) is 2. The summed E-state index contributed by atoms with van der Waals surface area (Å²) >= 11 is 4.64. The van der Waals surface area contributed by atoms with Crippen LogP contribution in [0.3, 0.4) is 0 Å². The molecule has 0 aromatic carbocycles. The minimum atomic E-state index is -3.46. The standard InChI is InChI=1S/C8H14N4O2S2/c1-7(8(9)15)16(13,14)11-3-5-12-4-2-10-6-12/h2,4,6-7,11H,3,5H2,1H3,(H2,9,15). The van der Waals surface area contributed by atoms with E-state index in [-0.39, 0.29) is 11.5 Å². The van der Waals surface area contributed by atoms with Crippen LogP contribution in [0.2, 0.25) is 0 Å². The zero-order valence-corrected chi connectivity index (χ0v) is 10.5. The molecule has 90 valence electrons. The van der Waals surface area contributed by atoms with Crippen molar-refractivity contribution in [1.29, 1.82) is 0 Å². The second-order valence-corrected chi connectivity index (χ2v) is 5.84. The van der Waals surface area contributed by atoms with Crippen LogP contribution in [0.4, 0.5) is 0 Å². The lowest BCUT2D eigenvalue weighted by Gasteiger charge is -2.12. The van der Waals surface area contributed by atoms with Gasteiger partial charge in [0.2, 0.25) is 10.0 Å². The van der Waals surface area contributed by atoms with E-state index in [0.717, 1.165) is 0 Å². The normalized spacial score (nSPS) is 13.6. The van der Waals surface area contributed by atoms with Crippen LogP contribution >= 0.6 is 12.2 Å². The average molecular weight is 262 g/mol. The largest absolute Gasteiger partial charge is 0.392 e. The Labute approximate surface area is 99.9 Å². The topological polar surface area (TPSA) is 90.0 Å². The zero-order valence-electron chi connectivity index (χ0n) is 8.83. The fourth-order valence-electron chi connectivity index (χ4n) is 1.01. The van der Waals surface area contributed by atoms with Gasteiger partial charge < -0.3 is 10.3 Å². The molecule has 0 spiro atoms. The zero-order chi connectivity index (χ0) is 12.2. The van der Waals surface area contributed by atoms with Crippen LogP contribution in [0.25, 0.3) is 0 Å². The minimum absolute atomic E-state index is 0.0323. The van der Waals surface area contributed by atoms with Crippen LogP contribution in [0.1, 0.15) is 6.92 Å². The average Bonchev–Trinajstić information content (AvgIpc) is 2.69. The molecule has 0 bridgehead atoms. The Hall–Kier alpha value is -0.990. The number of sulfonamides is 1. The molecule has 6 nitrogen and oxygen atoms in total. The molecule has 0 saturated heterocycles. The number of rotatable bonds is 6. The summed E-state index contributed by atoms with van der Waals surface area (Å²) in [7, 11) is -3.46. The Morgan fingerprint density at radius 1 is 1.69 bits per heavy atom. The molecule has 1 atom stereocenters. The van der Waals surface area contributed by atoms with Crippen molar-refractivity contribution in [3.05, 3.63) is 18.7 Å². The smallest absolute Gasteiger partial charge is 0.220 e. The molecule has 3 N–H and O–H groups in total. The van der Waals surface area contributed by atoms with E-state index in [1.54, 1.807) is 23.3 Å². The van der Waals surface area contributed by atoms with Gasteiger partial charge in [-0.15, -0.1) is 0 Å². The molecule has 1 aromatic heterocycles. The van der Waals surface area contributed by atoms with Crippen LogP contribution in [0, 0.1) is 0 Å². The molecular weight excluding hydrogens is 248 g/mol. The highest BCUT2D eigenvalue weighted by Gasteiger charge is 2.22. The second-order valence-electron chi connectivity index (χ2n) is 3.28. The first-order valence-corrected chi connectivity index (χ1v) is 6.62. The van der Waals surface area contributed by atoms with Gasteiger partial charge in [-0.25, -0.2) is 18.1 Å². The number of hydrogen-bond acceptors (Lipinski definition) is 4. The van der Waals surface area contributed by atoms with Gasteiger partial charge in [-0.05, 0) is 6.92 Å². The fraction of sp³-hybridized carbons (Fsp3) is 0.500. The summed E-state index contributed by atoms with van der Waals surface area (Å²) in [5, 5.41) is -0.856. The number of hydrogen-bond donors (Lipinski definition) is 2. The second kappa shape index (κ2) is 5.37. The van der Waals surface area contributed by atoms with Gasteiger partial charge in [0.25, 0.3) is 0 Å². The van der Waals surface area contributed by atoms with Crippen molar-refractivity contribution in [2.24, 2.45) is 5.73 Å². The Morgan fingerprint density at radius 3 is 2.88 bits per heavy atom. The molecule has 0 saturated carbocycles. The Kier molecular flexibility index (Phi) is 4.39. The first-order chi connectivity index (χ1) is 7.43. The molecule has 1 rings (SSSR count). The number of nitrogens with one attached hydrogen (secondary N) is 1. The highest BCUT2D eigenvalue weighted by molar-refractivity contribution is 7.93. The lowest BCUT2D eigenvalue weighted by Crippen LogP contribution is -2.41. The predicted octanol–water partition coefficient (Wildman–Crippen LogP) is -0.523. The van der Waals surface area contributed by atoms with Crippen molar-refractivity contribution >= 4 is 27.2 Å². The van der Waals surface area contributed by atoms with E-state index in [2.05, 4.69) is 21.9 Å². The molecule has 1 unspecified atom stereocenters. The van der Waals surface area contributed by atoms with Crippen LogP contribution in [-0.2, 0) is 16.6 Å². The third-order valence-electron chi connectivity index (χ3n) is 2.10. The molecule has 0 aliphatic heterocycles. The molecule has 0 fully saturated rings. The molecule has 0 radical (unpaired) electrons. The van der Waals surface area contributed by atoms with E-state index in [1.165, 1.54) is 6.92 Å². The molecule has 1 heterocycles. The highest BCUT2D eigenvalue weighted by Crippen LogP contribution is 1.98. The maximum Gasteiger partial charge on any atom is 0.220 e. The van der Waals surface area contributed by atoms with Crippen molar-refractivity contribution < 1.29 is 8.42 Å². The van der Waals surface area contributed by atoms with Gasteiger partial charge >= 0.3 is 0 Å². The Morgan fingerprint density at radius 2 is 2.38 bits per heavy atom. The maximum atomic E-state index is 11.6. The lowest BCUT2D eigenvalue weighted by atomic mass is 10.5. The van der Waals surface area contributed by atoms with Gasteiger partial charge in [-0.1, -0.05) is 12.2 Å². The van der Waals surface area contributed by atoms with Crippen molar-refractivity contribution in [2.45, 2.75) is 18.7 Å².